The van der Waals surface area contributed by atoms with Gasteiger partial charge in [0.25, 0.3) is 0 Å². The van der Waals surface area contributed by atoms with Crippen LogP contribution in [0.5, 0.6) is 5.75 Å². The second kappa shape index (κ2) is 7.64. The van der Waals surface area contributed by atoms with Gasteiger partial charge in [0.1, 0.15) is 10.6 Å². The summed E-state index contributed by atoms with van der Waals surface area (Å²) < 4.78 is 37.8. The van der Waals surface area contributed by atoms with Crippen molar-refractivity contribution in [3.8, 4) is 5.75 Å². The molecule has 0 amide bonds. The number of rotatable bonds is 6. The number of hydrogen-bond acceptors (Lipinski definition) is 4. The summed E-state index contributed by atoms with van der Waals surface area (Å²) >= 11 is 0. The number of nitrogens with zero attached hydrogens (tertiary/aromatic N) is 1. The third-order valence-electron chi connectivity index (χ3n) is 4.66. The van der Waals surface area contributed by atoms with Gasteiger partial charge in [-0.25, -0.2) is 12.7 Å². The van der Waals surface area contributed by atoms with Crippen LogP contribution in [0.15, 0.2) is 17.0 Å². The molecule has 1 aliphatic heterocycles. The highest BCUT2D eigenvalue weighted by Gasteiger charge is 2.26. The van der Waals surface area contributed by atoms with Gasteiger partial charge in [-0.05, 0) is 62.3 Å². The predicted molar refractivity (Wildman–Crippen MR) is 90.4 cm³/mol. The Morgan fingerprint density at radius 2 is 1.83 bits per heavy atom. The molecule has 0 aromatic heterocycles. The van der Waals surface area contributed by atoms with E-state index in [1.54, 1.807) is 19.2 Å². The molecule has 1 aromatic carbocycles. The van der Waals surface area contributed by atoms with Crippen molar-refractivity contribution in [1.29, 1.82) is 0 Å². The number of ether oxygens (including phenoxy) is 2. The molecule has 5 nitrogen and oxygen atoms in total. The molecule has 0 unspecified atom stereocenters. The van der Waals surface area contributed by atoms with E-state index >= 15 is 0 Å². The van der Waals surface area contributed by atoms with E-state index in [4.69, 9.17) is 9.47 Å². The van der Waals surface area contributed by atoms with Gasteiger partial charge in [-0.1, -0.05) is 0 Å². The topological polar surface area (TPSA) is 55.8 Å². The lowest BCUT2D eigenvalue weighted by molar-refractivity contribution is 0.0628. The summed E-state index contributed by atoms with van der Waals surface area (Å²) in [5, 5.41) is 0. The largest absolute Gasteiger partial charge is 0.495 e. The van der Waals surface area contributed by atoms with Crippen LogP contribution in [-0.4, -0.2) is 46.6 Å². The Labute approximate surface area is 139 Å². The van der Waals surface area contributed by atoms with Gasteiger partial charge in [-0.3, -0.25) is 0 Å². The molecule has 6 heteroatoms. The molecule has 23 heavy (non-hydrogen) atoms. The molecule has 0 saturated carbocycles. The van der Waals surface area contributed by atoms with Gasteiger partial charge >= 0.3 is 0 Å². The van der Waals surface area contributed by atoms with E-state index < -0.39 is 10.0 Å². The van der Waals surface area contributed by atoms with E-state index in [9.17, 15) is 8.42 Å². The van der Waals surface area contributed by atoms with E-state index in [0.29, 0.717) is 18.2 Å². The smallest absolute Gasteiger partial charge is 0.246 e. The van der Waals surface area contributed by atoms with Crippen molar-refractivity contribution < 1.29 is 17.9 Å². The van der Waals surface area contributed by atoms with Crippen molar-refractivity contribution in [3.63, 3.8) is 0 Å². The molecule has 1 aliphatic rings. The lowest BCUT2D eigenvalue weighted by atomic mass is 9.97. The van der Waals surface area contributed by atoms with Crippen molar-refractivity contribution in [3.05, 3.63) is 23.3 Å². The summed E-state index contributed by atoms with van der Waals surface area (Å²) in [6, 6.07) is 3.49. The van der Waals surface area contributed by atoms with Crippen molar-refractivity contribution in [2.24, 2.45) is 5.92 Å². The maximum Gasteiger partial charge on any atom is 0.246 e. The van der Waals surface area contributed by atoms with Crippen LogP contribution in [0.3, 0.4) is 0 Å². The summed E-state index contributed by atoms with van der Waals surface area (Å²) in [5.41, 5.74) is 1.97. The Balaban J connectivity index is 2.15. The molecule has 0 spiro atoms. The number of sulfonamides is 1. The second-order valence-electron chi connectivity index (χ2n) is 6.26. The van der Waals surface area contributed by atoms with Crippen LogP contribution in [0.4, 0.5) is 0 Å². The zero-order valence-corrected chi connectivity index (χ0v) is 15.3. The molecule has 1 aromatic rings. The number of methoxy groups -OCH3 is 1. The first-order valence-electron chi connectivity index (χ1n) is 8.05. The van der Waals surface area contributed by atoms with Crippen LogP contribution in [0, 0.1) is 19.8 Å². The van der Waals surface area contributed by atoms with Gasteiger partial charge in [0.2, 0.25) is 10.0 Å². The molecular formula is C17H27NO4S. The van der Waals surface area contributed by atoms with Gasteiger partial charge in [0.15, 0.2) is 0 Å². The summed E-state index contributed by atoms with van der Waals surface area (Å²) in [5.74, 6) is 0.953. The highest BCUT2D eigenvalue weighted by atomic mass is 32.2. The van der Waals surface area contributed by atoms with Crippen molar-refractivity contribution in [1.82, 2.24) is 4.31 Å². The minimum Gasteiger partial charge on any atom is -0.495 e. The van der Waals surface area contributed by atoms with E-state index in [0.717, 1.165) is 43.6 Å². The first-order valence-corrected chi connectivity index (χ1v) is 9.49. The number of benzene rings is 1. The average Bonchev–Trinajstić information content (AvgIpc) is 2.55. The van der Waals surface area contributed by atoms with E-state index in [1.165, 1.54) is 11.4 Å². The summed E-state index contributed by atoms with van der Waals surface area (Å²) in [6.07, 6.45) is 2.90. The Bertz CT molecular complexity index is 636. The summed E-state index contributed by atoms with van der Waals surface area (Å²) in [7, 11) is -0.397. The number of hydrogen-bond donors (Lipinski definition) is 0. The molecule has 0 radical (unpaired) electrons. The van der Waals surface area contributed by atoms with Crippen LogP contribution in [-0.2, 0) is 14.8 Å². The minimum atomic E-state index is -3.54. The Hall–Kier alpha value is -1.11. The van der Waals surface area contributed by atoms with E-state index in [2.05, 4.69) is 0 Å². The van der Waals surface area contributed by atoms with Gasteiger partial charge in [-0.15, -0.1) is 0 Å². The Kier molecular flexibility index (Phi) is 6.06. The lowest BCUT2D eigenvalue weighted by Crippen LogP contribution is -2.30. The standard InChI is InChI=1S/C17H27NO4S/c1-13-11-16(21-4)17(12-14(13)2)23(19,20)18(3)8-5-15-6-9-22-10-7-15/h11-12,15H,5-10H2,1-4H3. The molecule has 130 valence electrons. The monoisotopic (exact) mass is 341 g/mol. The minimum absolute atomic E-state index is 0.248. The fourth-order valence-corrected chi connectivity index (χ4v) is 4.22. The molecule has 0 atom stereocenters. The summed E-state index contributed by atoms with van der Waals surface area (Å²) in [6.45, 7) is 5.94. The molecular weight excluding hydrogens is 314 g/mol. The quantitative estimate of drug-likeness (QED) is 0.798. The first kappa shape index (κ1) is 18.2. The SMILES string of the molecule is COc1cc(C)c(C)cc1S(=O)(=O)N(C)CCC1CCOCC1. The Morgan fingerprint density at radius 3 is 2.43 bits per heavy atom. The predicted octanol–water partition coefficient (Wildman–Crippen LogP) is 2.75. The second-order valence-corrected chi connectivity index (χ2v) is 8.27. The summed E-state index contributed by atoms with van der Waals surface area (Å²) in [4.78, 5) is 0.248. The molecule has 1 saturated heterocycles. The fourth-order valence-electron chi connectivity index (χ4n) is 2.81. The maximum atomic E-state index is 12.9. The molecule has 2 rings (SSSR count). The van der Waals surface area contributed by atoms with Gasteiger partial charge in [0, 0.05) is 26.8 Å². The van der Waals surface area contributed by atoms with Crippen LogP contribution >= 0.6 is 0 Å². The lowest BCUT2D eigenvalue weighted by Gasteiger charge is -2.25. The fraction of sp³-hybridized carbons (Fsp3) is 0.647. The van der Waals surface area contributed by atoms with Gasteiger partial charge in [-0.2, -0.15) is 0 Å². The van der Waals surface area contributed by atoms with Crippen molar-refractivity contribution >= 4 is 10.0 Å². The molecule has 0 bridgehead atoms. The van der Waals surface area contributed by atoms with Gasteiger partial charge < -0.3 is 9.47 Å². The third-order valence-corrected chi connectivity index (χ3v) is 6.54. The average molecular weight is 341 g/mol. The molecule has 0 N–H and O–H groups in total. The first-order chi connectivity index (χ1) is 10.9. The molecule has 0 aliphatic carbocycles. The van der Waals surface area contributed by atoms with Crippen LogP contribution < -0.4 is 4.74 Å². The maximum absolute atomic E-state index is 12.9. The normalized spacial score (nSPS) is 16.7. The molecule has 1 heterocycles. The van der Waals surface area contributed by atoms with Gasteiger partial charge in [0.05, 0.1) is 7.11 Å². The highest BCUT2D eigenvalue weighted by Crippen LogP contribution is 2.30. The van der Waals surface area contributed by atoms with E-state index in [-0.39, 0.29) is 4.90 Å². The highest BCUT2D eigenvalue weighted by molar-refractivity contribution is 7.89. The van der Waals surface area contributed by atoms with Crippen LogP contribution in [0.25, 0.3) is 0 Å². The third kappa shape index (κ3) is 4.25. The number of aryl methyl sites for hydroxylation is 2. The van der Waals surface area contributed by atoms with Crippen LogP contribution in [0.1, 0.15) is 30.4 Å². The van der Waals surface area contributed by atoms with E-state index in [1.807, 2.05) is 13.8 Å². The molecule has 1 fully saturated rings. The van der Waals surface area contributed by atoms with Crippen molar-refractivity contribution in [2.45, 2.75) is 38.0 Å². The zero-order valence-electron chi connectivity index (χ0n) is 14.5. The van der Waals surface area contributed by atoms with Crippen molar-refractivity contribution in [2.75, 3.05) is 33.9 Å². The van der Waals surface area contributed by atoms with Crippen LogP contribution in [0.2, 0.25) is 0 Å². The Morgan fingerprint density at radius 1 is 1.22 bits per heavy atom. The zero-order chi connectivity index (χ0) is 17.0.